The third-order valence-electron chi connectivity index (χ3n) is 3.40. The van der Waals surface area contributed by atoms with E-state index in [1.807, 2.05) is 6.07 Å². The number of hydrogen-bond acceptors (Lipinski definition) is 4. The topological polar surface area (TPSA) is 43.2 Å². The first-order chi connectivity index (χ1) is 7.96. The Labute approximate surface area is 110 Å². The first-order valence-corrected chi connectivity index (χ1v) is 6.23. The molecule has 0 radical (unpaired) electrons. The second kappa shape index (κ2) is 4.28. The SMILES string of the molecule is CN(C)C1(C)CN(c2ncc(Br)cc2C#N)C1. The highest BCUT2D eigenvalue weighted by Gasteiger charge is 2.41. The number of nitriles is 1. The second-order valence-electron chi connectivity index (χ2n) is 4.88. The van der Waals surface area contributed by atoms with E-state index < -0.39 is 0 Å². The van der Waals surface area contributed by atoms with Crippen molar-refractivity contribution in [1.29, 1.82) is 5.26 Å². The van der Waals surface area contributed by atoms with Gasteiger partial charge in [0.25, 0.3) is 0 Å². The number of halogens is 1. The van der Waals surface area contributed by atoms with Gasteiger partial charge in [0.2, 0.25) is 0 Å². The van der Waals surface area contributed by atoms with Crippen molar-refractivity contribution in [1.82, 2.24) is 9.88 Å². The molecular weight excluding hydrogens is 280 g/mol. The zero-order chi connectivity index (χ0) is 12.6. The van der Waals surface area contributed by atoms with Gasteiger partial charge in [-0.1, -0.05) is 0 Å². The highest BCUT2D eigenvalue weighted by molar-refractivity contribution is 9.10. The van der Waals surface area contributed by atoms with E-state index in [0.29, 0.717) is 5.56 Å². The fourth-order valence-corrected chi connectivity index (χ4v) is 2.31. The van der Waals surface area contributed by atoms with Gasteiger partial charge in [0.1, 0.15) is 11.9 Å². The number of likely N-dealkylation sites (N-methyl/N-ethyl adjacent to an activating group) is 1. The quantitative estimate of drug-likeness (QED) is 0.835. The van der Waals surface area contributed by atoms with Crippen molar-refractivity contribution in [3.8, 4) is 6.07 Å². The van der Waals surface area contributed by atoms with E-state index in [1.165, 1.54) is 0 Å². The first kappa shape index (κ1) is 12.3. The van der Waals surface area contributed by atoms with E-state index >= 15 is 0 Å². The monoisotopic (exact) mass is 294 g/mol. The lowest BCUT2D eigenvalue weighted by molar-refractivity contribution is 0.132. The summed E-state index contributed by atoms with van der Waals surface area (Å²) in [6.45, 7) is 4.03. The van der Waals surface area contributed by atoms with Crippen LogP contribution >= 0.6 is 15.9 Å². The summed E-state index contributed by atoms with van der Waals surface area (Å²) in [7, 11) is 4.16. The van der Waals surface area contributed by atoms with Crippen molar-refractivity contribution in [3.63, 3.8) is 0 Å². The fraction of sp³-hybridized carbons (Fsp3) is 0.500. The Morgan fingerprint density at radius 2 is 2.18 bits per heavy atom. The Hall–Kier alpha value is -1.12. The van der Waals surface area contributed by atoms with Gasteiger partial charge in [-0.15, -0.1) is 0 Å². The van der Waals surface area contributed by atoms with Crippen molar-refractivity contribution < 1.29 is 0 Å². The first-order valence-electron chi connectivity index (χ1n) is 5.44. The van der Waals surface area contributed by atoms with Crippen LogP contribution < -0.4 is 4.90 Å². The zero-order valence-corrected chi connectivity index (χ0v) is 11.8. The average Bonchev–Trinajstić information content (AvgIpc) is 2.24. The van der Waals surface area contributed by atoms with E-state index in [0.717, 1.165) is 23.4 Å². The molecule has 17 heavy (non-hydrogen) atoms. The maximum absolute atomic E-state index is 9.10. The standard InChI is InChI=1S/C12H15BrN4/c1-12(16(2)3)7-17(8-12)11-9(5-14)4-10(13)6-15-11/h4,6H,7-8H2,1-3H3. The smallest absolute Gasteiger partial charge is 0.146 e. The molecule has 1 aromatic rings. The Morgan fingerprint density at radius 1 is 1.53 bits per heavy atom. The van der Waals surface area contributed by atoms with Gasteiger partial charge in [0, 0.05) is 23.8 Å². The van der Waals surface area contributed by atoms with Crippen LogP contribution in [0.15, 0.2) is 16.7 Å². The van der Waals surface area contributed by atoms with Gasteiger partial charge in [-0.3, -0.25) is 0 Å². The van der Waals surface area contributed by atoms with Crippen LogP contribution in [0.2, 0.25) is 0 Å². The van der Waals surface area contributed by atoms with Gasteiger partial charge >= 0.3 is 0 Å². The summed E-state index contributed by atoms with van der Waals surface area (Å²) in [4.78, 5) is 8.69. The summed E-state index contributed by atoms with van der Waals surface area (Å²) in [5, 5.41) is 9.10. The molecule has 0 aromatic carbocycles. The van der Waals surface area contributed by atoms with Crippen molar-refractivity contribution >= 4 is 21.7 Å². The maximum Gasteiger partial charge on any atom is 0.146 e. The Balaban J connectivity index is 2.20. The molecule has 0 N–H and O–H groups in total. The number of hydrogen-bond donors (Lipinski definition) is 0. The predicted octanol–water partition coefficient (Wildman–Crippen LogP) is 1.86. The lowest BCUT2D eigenvalue weighted by Crippen LogP contribution is -2.67. The molecular formula is C12H15BrN4. The Kier molecular flexibility index (Phi) is 3.11. The highest BCUT2D eigenvalue weighted by Crippen LogP contribution is 2.31. The molecule has 0 aliphatic carbocycles. The summed E-state index contributed by atoms with van der Waals surface area (Å²) in [6, 6.07) is 4.01. The molecule has 1 aromatic heterocycles. The lowest BCUT2D eigenvalue weighted by atomic mass is 9.90. The minimum atomic E-state index is 0.182. The number of nitrogens with zero attached hydrogens (tertiary/aromatic N) is 4. The van der Waals surface area contributed by atoms with Gasteiger partial charge in [-0.25, -0.2) is 4.98 Å². The van der Waals surface area contributed by atoms with E-state index in [-0.39, 0.29) is 5.54 Å². The third kappa shape index (κ3) is 2.15. The van der Waals surface area contributed by atoms with Crippen LogP contribution in [0.4, 0.5) is 5.82 Å². The molecule has 0 saturated carbocycles. The summed E-state index contributed by atoms with van der Waals surface area (Å²) in [6.07, 6.45) is 1.74. The highest BCUT2D eigenvalue weighted by atomic mass is 79.9. The van der Waals surface area contributed by atoms with Crippen LogP contribution in [0.25, 0.3) is 0 Å². The van der Waals surface area contributed by atoms with Crippen LogP contribution in [0, 0.1) is 11.3 Å². The number of anilines is 1. The molecule has 1 fully saturated rings. The summed E-state index contributed by atoms with van der Waals surface area (Å²) in [5.74, 6) is 0.787. The van der Waals surface area contributed by atoms with Gasteiger partial charge in [-0.05, 0) is 43.0 Å². The van der Waals surface area contributed by atoms with Crippen LogP contribution in [-0.4, -0.2) is 42.6 Å². The molecule has 1 saturated heterocycles. The lowest BCUT2D eigenvalue weighted by Gasteiger charge is -2.52. The molecule has 0 amide bonds. The van der Waals surface area contributed by atoms with E-state index in [4.69, 9.17) is 5.26 Å². The molecule has 5 heteroatoms. The predicted molar refractivity (Wildman–Crippen MR) is 71.0 cm³/mol. The van der Waals surface area contributed by atoms with Gasteiger partial charge < -0.3 is 9.80 Å². The van der Waals surface area contributed by atoms with Crippen molar-refractivity contribution in [2.45, 2.75) is 12.5 Å². The van der Waals surface area contributed by atoms with Gasteiger partial charge in [-0.2, -0.15) is 5.26 Å². The van der Waals surface area contributed by atoms with E-state index in [9.17, 15) is 0 Å². The largest absolute Gasteiger partial charge is 0.352 e. The Morgan fingerprint density at radius 3 is 2.71 bits per heavy atom. The van der Waals surface area contributed by atoms with E-state index in [2.05, 4.69) is 57.8 Å². The molecule has 2 heterocycles. The van der Waals surface area contributed by atoms with Crippen LogP contribution in [-0.2, 0) is 0 Å². The number of pyridine rings is 1. The Bertz CT molecular complexity index is 472. The molecule has 4 nitrogen and oxygen atoms in total. The molecule has 0 atom stereocenters. The van der Waals surface area contributed by atoms with Crippen LogP contribution in [0.5, 0.6) is 0 Å². The van der Waals surface area contributed by atoms with Gasteiger partial charge in [0.05, 0.1) is 11.1 Å². The molecule has 2 rings (SSSR count). The maximum atomic E-state index is 9.10. The molecule has 1 aliphatic rings. The minimum Gasteiger partial charge on any atom is -0.352 e. The molecule has 1 aliphatic heterocycles. The van der Waals surface area contributed by atoms with Crippen LogP contribution in [0.3, 0.4) is 0 Å². The van der Waals surface area contributed by atoms with Crippen molar-refractivity contribution in [2.75, 3.05) is 32.1 Å². The minimum absolute atomic E-state index is 0.182. The number of rotatable bonds is 2. The fourth-order valence-electron chi connectivity index (χ4n) is 1.97. The molecule has 0 bridgehead atoms. The van der Waals surface area contributed by atoms with Crippen LogP contribution in [0.1, 0.15) is 12.5 Å². The second-order valence-corrected chi connectivity index (χ2v) is 5.80. The van der Waals surface area contributed by atoms with Crippen molar-refractivity contribution in [3.05, 3.63) is 22.3 Å². The summed E-state index contributed by atoms with van der Waals surface area (Å²) >= 11 is 3.33. The van der Waals surface area contributed by atoms with Crippen molar-refractivity contribution in [2.24, 2.45) is 0 Å². The van der Waals surface area contributed by atoms with E-state index in [1.54, 1.807) is 6.20 Å². The normalized spacial score (nSPS) is 17.8. The summed E-state index contributed by atoms with van der Waals surface area (Å²) in [5.41, 5.74) is 0.807. The zero-order valence-electron chi connectivity index (χ0n) is 10.2. The number of aromatic nitrogens is 1. The molecule has 0 unspecified atom stereocenters. The van der Waals surface area contributed by atoms with Gasteiger partial charge in [0.15, 0.2) is 0 Å². The third-order valence-corrected chi connectivity index (χ3v) is 3.83. The molecule has 90 valence electrons. The average molecular weight is 295 g/mol. The summed E-state index contributed by atoms with van der Waals surface area (Å²) < 4.78 is 0.841. The molecule has 0 spiro atoms.